The standard InChI is InChI=1S/C18H24N4O2/c23-18(20-13-15-6-4-8-19-12-15)21-14-16(17-7-5-11-24-17)22-9-2-1-3-10-22/h4-8,11-12,16H,1-3,9-10,13-14H2,(H2,20,21,23)/t16-/m0/s1. The molecule has 3 rings (SSSR count). The number of carbonyl (C=O) groups is 1. The van der Waals surface area contributed by atoms with Crippen molar-refractivity contribution in [1.82, 2.24) is 20.5 Å². The molecule has 0 unspecified atom stereocenters. The van der Waals surface area contributed by atoms with Crippen molar-refractivity contribution in [2.24, 2.45) is 0 Å². The van der Waals surface area contributed by atoms with E-state index in [1.54, 1.807) is 18.7 Å². The molecule has 24 heavy (non-hydrogen) atoms. The topological polar surface area (TPSA) is 70.4 Å². The first-order chi connectivity index (χ1) is 11.8. The molecule has 1 saturated heterocycles. The second-order valence-corrected chi connectivity index (χ2v) is 6.05. The summed E-state index contributed by atoms with van der Waals surface area (Å²) in [5.74, 6) is 0.907. The van der Waals surface area contributed by atoms with Crippen molar-refractivity contribution in [3.05, 3.63) is 54.2 Å². The van der Waals surface area contributed by atoms with Crippen LogP contribution in [0.2, 0.25) is 0 Å². The Morgan fingerprint density at radius 3 is 2.79 bits per heavy atom. The summed E-state index contributed by atoms with van der Waals surface area (Å²) in [5.41, 5.74) is 0.978. The van der Waals surface area contributed by atoms with Crippen LogP contribution in [-0.4, -0.2) is 35.5 Å². The van der Waals surface area contributed by atoms with Crippen LogP contribution in [0.3, 0.4) is 0 Å². The van der Waals surface area contributed by atoms with Gasteiger partial charge in [-0.1, -0.05) is 12.5 Å². The third-order valence-corrected chi connectivity index (χ3v) is 4.33. The number of nitrogens with zero attached hydrogens (tertiary/aromatic N) is 2. The quantitative estimate of drug-likeness (QED) is 0.855. The van der Waals surface area contributed by atoms with E-state index in [9.17, 15) is 4.79 Å². The number of furan rings is 1. The Morgan fingerprint density at radius 2 is 2.08 bits per heavy atom. The molecule has 6 heteroatoms. The fourth-order valence-electron chi connectivity index (χ4n) is 3.06. The number of likely N-dealkylation sites (tertiary alicyclic amines) is 1. The predicted octanol–water partition coefficient (Wildman–Crippen LogP) is 2.70. The zero-order valence-electron chi connectivity index (χ0n) is 13.8. The summed E-state index contributed by atoms with van der Waals surface area (Å²) >= 11 is 0. The number of hydrogen-bond acceptors (Lipinski definition) is 4. The second kappa shape index (κ2) is 8.49. The van der Waals surface area contributed by atoms with Crippen molar-refractivity contribution in [2.45, 2.75) is 31.8 Å². The minimum Gasteiger partial charge on any atom is -0.468 e. The Labute approximate surface area is 142 Å². The molecule has 6 nitrogen and oxygen atoms in total. The zero-order valence-corrected chi connectivity index (χ0v) is 13.8. The second-order valence-electron chi connectivity index (χ2n) is 6.05. The fraction of sp³-hybridized carbons (Fsp3) is 0.444. The lowest BCUT2D eigenvalue weighted by Gasteiger charge is -2.33. The maximum atomic E-state index is 12.1. The minimum absolute atomic E-state index is 0.0874. The number of pyridine rings is 1. The SMILES string of the molecule is O=C(NCc1cccnc1)NC[C@@H](c1ccco1)N1CCCCC1. The molecule has 0 bridgehead atoms. The molecule has 2 aromatic rings. The van der Waals surface area contributed by atoms with Gasteiger partial charge in [-0.3, -0.25) is 9.88 Å². The van der Waals surface area contributed by atoms with Crippen LogP contribution < -0.4 is 10.6 Å². The van der Waals surface area contributed by atoms with Gasteiger partial charge in [-0.2, -0.15) is 0 Å². The van der Waals surface area contributed by atoms with Gasteiger partial charge in [-0.25, -0.2) is 4.79 Å². The van der Waals surface area contributed by atoms with Crippen LogP contribution in [-0.2, 0) is 6.54 Å². The van der Waals surface area contributed by atoms with E-state index in [0.29, 0.717) is 13.1 Å². The highest BCUT2D eigenvalue weighted by Gasteiger charge is 2.24. The third kappa shape index (κ3) is 4.58. The number of aromatic nitrogens is 1. The highest BCUT2D eigenvalue weighted by molar-refractivity contribution is 5.73. The predicted molar refractivity (Wildman–Crippen MR) is 91.3 cm³/mol. The summed E-state index contributed by atoms with van der Waals surface area (Å²) < 4.78 is 5.59. The summed E-state index contributed by atoms with van der Waals surface area (Å²) in [4.78, 5) is 18.5. The Morgan fingerprint density at radius 1 is 1.21 bits per heavy atom. The molecule has 1 fully saturated rings. The van der Waals surface area contributed by atoms with Gasteiger partial charge in [0.05, 0.1) is 12.3 Å². The normalized spacial score (nSPS) is 16.5. The van der Waals surface area contributed by atoms with Gasteiger partial charge in [0.25, 0.3) is 0 Å². The van der Waals surface area contributed by atoms with Crippen LogP contribution in [0.4, 0.5) is 4.79 Å². The van der Waals surface area contributed by atoms with Crippen molar-refractivity contribution in [1.29, 1.82) is 0 Å². The summed E-state index contributed by atoms with van der Waals surface area (Å²) in [6.45, 7) is 3.09. The summed E-state index contributed by atoms with van der Waals surface area (Å²) in [7, 11) is 0. The molecule has 2 aromatic heterocycles. The highest BCUT2D eigenvalue weighted by Crippen LogP contribution is 2.24. The van der Waals surface area contributed by atoms with Crippen molar-refractivity contribution >= 4 is 6.03 Å². The van der Waals surface area contributed by atoms with Crippen molar-refractivity contribution < 1.29 is 9.21 Å². The lowest BCUT2D eigenvalue weighted by atomic mass is 10.1. The summed E-state index contributed by atoms with van der Waals surface area (Å²) in [5, 5.41) is 5.83. The van der Waals surface area contributed by atoms with Crippen LogP contribution in [0.15, 0.2) is 47.3 Å². The van der Waals surface area contributed by atoms with Gasteiger partial charge in [0.15, 0.2) is 0 Å². The first-order valence-corrected chi connectivity index (χ1v) is 8.51. The Hall–Kier alpha value is -2.34. The van der Waals surface area contributed by atoms with Crippen LogP contribution in [0.25, 0.3) is 0 Å². The maximum Gasteiger partial charge on any atom is 0.315 e. The molecule has 0 saturated carbocycles. The van der Waals surface area contributed by atoms with Gasteiger partial charge < -0.3 is 15.1 Å². The van der Waals surface area contributed by atoms with Gasteiger partial charge in [0.2, 0.25) is 0 Å². The molecule has 0 aromatic carbocycles. The molecule has 3 heterocycles. The van der Waals surface area contributed by atoms with Gasteiger partial charge in [0.1, 0.15) is 5.76 Å². The van der Waals surface area contributed by atoms with E-state index in [2.05, 4.69) is 20.5 Å². The molecular formula is C18H24N4O2. The lowest BCUT2D eigenvalue weighted by molar-refractivity contribution is 0.143. The smallest absolute Gasteiger partial charge is 0.315 e. The first-order valence-electron chi connectivity index (χ1n) is 8.51. The molecule has 1 atom stereocenters. The Balaban J connectivity index is 1.52. The average Bonchev–Trinajstić information content (AvgIpc) is 3.16. The Bertz CT molecular complexity index is 609. The molecule has 2 amide bonds. The fourth-order valence-corrected chi connectivity index (χ4v) is 3.06. The van der Waals surface area contributed by atoms with E-state index in [0.717, 1.165) is 24.4 Å². The average molecular weight is 328 g/mol. The van der Waals surface area contributed by atoms with Crippen LogP contribution in [0.5, 0.6) is 0 Å². The molecule has 1 aliphatic heterocycles. The van der Waals surface area contributed by atoms with Crippen molar-refractivity contribution in [3.8, 4) is 0 Å². The van der Waals surface area contributed by atoms with Gasteiger partial charge in [-0.15, -0.1) is 0 Å². The highest BCUT2D eigenvalue weighted by atomic mass is 16.3. The largest absolute Gasteiger partial charge is 0.468 e. The lowest BCUT2D eigenvalue weighted by Crippen LogP contribution is -2.43. The number of urea groups is 1. The summed E-state index contributed by atoms with van der Waals surface area (Å²) in [6.07, 6.45) is 8.83. The number of piperidine rings is 1. The molecule has 0 radical (unpaired) electrons. The van der Waals surface area contributed by atoms with Crippen LogP contribution in [0.1, 0.15) is 36.6 Å². The van der Waals surface area contributed by atoms with Crippen molar-refractivity contribution in [3.63, 3.8) is 0 Å². The third-order valence-electron chi connectivity index (χ3n) is 4.33. The van der Waals surface area contributed by atoms with E-state index in [1.165, 1.54) is 19.3 Å². The maximum absolute atomic E-state index is 12.1. The first kappa shape index (κ1) is 16.5. The van der Waals surface area contributed by atoms with E-state index < -0.39 is 0 Å². The van der Waals surface area contributed by atoms with Crippen LogP contribution >= 0.6 is 0 Å². The molecular weight excluding hydrogens is 304 g/mol. The van der Waals surface area contributed by atoms with E-state index in [4.69, 9.17) is 4.42 Å². The molecule has 0 spiro atoms. The molecule has 1 aliphatic rings. The van der Waals surface area contributed by atoms with Gasteiger partial charge in [-0.05, 0) is 49.7 Å². The van der Waals surface area contributed by atoms with E-state index >= 15 is 0 Å². The van der Waals surface area contributed by atoms with Crippen LogP contribution in [0, 0.1) is 0 Å². The monoisotopic (exact) mass is 328 g/mol. The minimum atomic E-state index is -0.174. The van der Waals surface area contributed by atoms with E-state index in [1.807, 2.05) is 24.3 Å². The Kier molecular flexibility index (Phi) is 5.85. The molecule has 128 valence electrons. The number of carbonyl (C=O) groups excluding carboxylic acids is 1. The van der Waals surface area contributed by atoms with Gasteiger partial charge in [0, 0.05) is 25.5 Å². The number of nitrogens with one attached hydrogen (secondary N) is 2. The molecule has 2 N–H and O–H groups in total. The van der Waals surface area contributed by atoms with Gasteiger partial charge >= 0.3 is 6.03 Å². The number of rotatable bonds is 6. The molecule has 0 aliphatic carbocycles. The summed E-state index contributed by atoms with van der Waals surface area (Å²) in [6, 6.07) is 7.59. The van der Waals surface area contributed by atoms with E-state index in [-0.39, 0.29) is 12.1 Å². The zero-order chi connectivity index (χ0) is 16.6. The number of amides is 2. The number of hydrogen-bond donors (Lipinski definition) is 2. The van der Waals surface area contributed by atoms with Crippen molar-refractivity contribution in [2.75, 3.05) is 19.6 Å².